The summed E-state index contributed by atoms with van der Waals surface area (Å²) in [5, 5.41) is 2.39. The van der Waals surface area contributed by atoms with E-state index in [0.717, 1.165) is 6.07 Å². The molecule has 0 saturated carbocycles. The molecule has 0 unspecified atom stereocenters. The fraction of sp³-hybridized carbons (Fsp3) is 0.250. The Labute approximate surface area is 160 Å². The molecule has 0 heterocycles. The van der Waals surface area contributed by atoms with Crippen LogP contribution in [0.15, 0.2) is 42.5 Å². The number of amides is 1. The maximum atomic E-state index is 14.1. The van der Waals surface area contributed by atoms with Crippen molar-refractivity contribution in [1.29, 1.82) is 0 Å². The Morgan fingerprint density at radius 3 is 2.25 bits per heavy atom. The van der Waals surface area contributed by atoms with Crippen LogP contribution in [0.25, 0.3) is 0 Å². The lowest BCUT2D eigenvalue weighted by Gasteiger charge is -2.24. The van der Waals surface area contributed by atoms with E-state index < -0.39 is 35.6 Å². The van der Waals surface area contributed by atoms with E-state index in [2.05, 4.69) is 5.32 Å². The number of esters is 1. The van der Waals surface area contributed by atoms with Crippen LogP contribution in [0.4, 0.5) is 14.5 Å². The summed E-state index contributed by atoms with van der Waals surface area (Å²) in [5.41, 5.74) is -1.53. The van der Waals surface area contributed by atoms with Crippen molar-refractivity contribution in [3.8, 4) is 5.75 Å². The van der Waals surface area contributed by atoms with E-state index in [-0.39, 0.29) is 22.9 Å². The van der Waals surface area contributed by atoms with Gasteiger partial charge >= 0.3 is 5.97 Å². The summed E-state index contributed by atoms with van der Waals surface area (Å²) in [6.45, 7) is 3.43. The zero-order valence-electron chi connectivity index (χ0n) is 15.5. The fourth-order valence-corrected chi connectivity index (χ4v) is 2.24. The summed E-state index contributed by atoms with van der Waals surface area (Å²) in [5.74, 6) is -3.04. The molecule has 0 aliphatic heterocycles. The second-order valence-corrected chi connectivity index (χ2v) is 6.44. The van der Waals surface area contributed by atoms with E-state index in [1.807, 2.05) is 0 Å². The molecule has 6 nitrogen and oxygen atoms in total. The normalized spacial score (nSPS) is 10.9. The molecule has 0 atom stereocenters. The van der Waals surface area contributed by atoms with Gasteiger partial charge < -0.3 is 14.8 Å². The van der Waals surface area contributed by atoms with Crippen molar-refractivity contribution in [1.82, 2.24) is 0 Å². The van der Waals surface area contributed by atoms with Crippen LogP contribution in [-0.2, 0) is 14.3 Å². The Morgan fingerprint density at radius 1 is 1.04 bits per heavy atom. The summed E-state index contributed by atoms with van der Waals surface area (Å²) in [6, 6.07) is 8.60. The smallest absolute Gasteiger partial charge is 0.350 e. The Morgan fingerprint density at radius 2 is 1.68 bits per heavy atom. The van der Waals surface area contributed by atoms with Crippen LogP contribution in [-0.4, -0.2) is 29.9 Å². The molecule has 0 radical (unpaired) electrons. The Kier molecular flexibility index (Phi) is 6.45. The first-order valence-electron chi connectivity index (χ1n) is 8.30. The number of carbonyl (C=O) groups excluding carboxylic acids is 3. The Balaban J connectivity index is 1.98. The summed E-state index contributed by atoms with van der Waals surface area (Å²) >= 11 is 0. The Bertz CT molecular complexity index is 894. The highest BCUT2D eigenvalue weighted by molar-refractivity contribution is 5.99. The lowest BCUT2D eigenvalue weighted by molar-refractivity contribution is -0.158. The van der Waals surface area contributed by atoms with Gasteiger partial charge in [-0.3, -0.25) is 9.59 Å². The average molecular weight is 391 g/mol. The number of anilines is 1. The second kappa shape index (κ2) is 8.60. The van der Waals surface area contributed by atoms with Crippen LogP contribution >= 0.6 is 0 Å². The third-order valence-electron chi connectivity index (χ3n) is 3.60. The molecule has 0 fully saturated rings. The van der Waals surface area contributed by atoms with Crippen LogP contribution < -0.4 is 10.1 Å². The highest BCUT2D eigenvalue weighted by Crippen LogP contribution is 2.20. The van der Waals surface area contributed by atoms with Gasteiger partial charge in [0.2, 0.25) is 11.7 Å². The number of ketones is 1. The number of hydrogen-bond acceptors (Lipinski definition) is 5. The van der Waals surface area contributed by atoms with Crippen LogP contribution in [0.3, 0.4) is 0 Å². The lowest BCUT2D eigenvalue weighted by Crippen LogP contribution is -2.40. The molecule has 0 aliphatic carbocycles. The van der Waals surface area contributed by atoms with Crippen LogP contribution in [0.1, 0.15) is 31.1 Å². The van der Waals surface area contributed by atoms with Crippen molar-refractivity contribution in [3.63, 3.8) is 0 Å². The minimum Gasteiger partial charge on any atom is -0.476 e. The molecular weight excluding hydrogens is 372 g/mol. The molecule has 2 aromatic rings. The van der Waals surface area contributed by atoms with Crippen molar-refractivity contribution >= 4 is 23.3 Å². The van der Waals surface area contributed by atoms with E-state index >= 15 is 0 Å². The number of nitrogens with one attached hydrogen (secondary N) is 1. The van der Waals surface area contributed by atoms with Gasteiger partial charge in [-0.2, -0.15) is 0 Å². The van der Waals surface area contributed by atoms with E-state index in [4.69, 9.17) is 9.47 Å². The zero-order valence-corrected chi connectivity index (χ0v) is 15.5. The highest BCUT2D eigenvalue weighted by Gasteiger charge is 2.32. The van der Waals surface area contributed by atoms with Gasteiger partial charge in [0.15, 0.2) is 12.2 Å². The van der Waals surface area contributed by atoms with Gasteiger partial charge in [0, 0.05) is 12.6 Å². The van der Waals surface area contributed by atoms with Crippen molar-refractivity contribution in [2.75, 3.05) is 11.9 Å². The first kappa shape index (κ1) is 21.0. The molecule has 0 aliphatic rings. The average Bonchev–Trinajstić information content (AvgIpc) is 2.60. The number of hydrogen-bond donors (Lipinski definition) is 1. The SMILES string of the molecule is CC(=O)Nc1ccc(C(=O)COC(=O)C(C)(C)Oc2ccc(F)cc2)c(F)c1. The van der Waals surface area contributed by atoms with Gasteiger partial charge in [-0.15, -0.1) is 0 Å². The van der Waals surface area contributed by atoms with Gasteiger partial charge in [-0.1, -0.05) is 0 Å². The fourth-order valence-electron chi connectivity index (χ4n) is 2.24. The predicted octanol–water partition coefficient (Wildman–Crippen LogP) is 3.51. The van der Waals surface area contributed by atoms with Crippen molar-refractivity contribution in [3.05, 3.63) is 59.7 Å². The molecule has 2 aromatic carbocycles. The molecule has 0 aromatic heterocycles. The quantitative estimate of drug-likeness (QED) is 0.577. The molecule has 0 saturated heterocycles. The molecule has 8 heteroatoms. The zero-order chi connectivity index (χ0) is 20.9. The summed E-state index contributed by atoms with van der Waals surface area (Å²) in [6.07, 6.45) is 0. The van der Waals surface area contributed by atoms with Gasteiger partial charge in [-0.05, 0) is 56.3 Å². The van der Waals surface area contributed by atoms with Crippen molar-refractivity contribution < 1.29 is 32.6 Å². The molecule has 148 valence electrons. The number of rotatable bonds is 7. The maximum absolute atomic E-state index is 14.1. The minimum absolute atomic E-state index is 0.201. The topological polar surface area (TPSA) is 81.7 Å². The van der Waals surface area contributed by atoms with Gasteiger partial charge in [0.25, 0.3) is 0 Å². The largest absolute Gasteiger partial charge is 0.476 e. The van der Waals surface area contributed by atoms with Gasteiger partial charge in [-0.25, -0.2) is 13.6 Å². The van der Waals surface area contributed by atoms with Crippen LogP contribution in [0.2, 0.25) is 0 Å². The van der Waals surface area contributed by atoms with Crippen LogP contribution in [0.5, 0.6) is 5.75 Å². The minimum atomic E-state index is -1.45. The first-order valence-corrected chi connectivity index (χ1v) is 8.30. The number of halogens is 2. The molecule has 28 heavy (non-hydrogen) atoms. The van der Waals surface area contributed by atoms with Gasteiger partial charge in [0.05, 0.1) is 5.56 Å². The highest BCUT2D eigenvalue weighted by atomic mass is 19.1. The van der Waals surface area contributed by atoms with E-state index in [1.165, 1.54) is 57.2 Å². The predicted molar refractivity (Wildman–Crippen MR) is 97.1 cm³/mol. The number of ether oxygens (including phenoxy) is 2. The van der Waals surface area contributed by atoms with Gasteiger partial charge in [0.1, 0.15) is 17.4 Å². The summed E-state index contributed by atoms with van der Waals surface area (Å²) in [7, 11) is 0. The Hall–Kier alpha value is -3.29. The number of carbonyl (C=O) groups is 3. The molecule has 1 amide bonds. The number of Topliss-reactive ketones (excluding diaryl/α,β-unsaturated/α-hetero) is 1. The molecule has 1 N–H and O–H groups in total. The molecule has 0 spiro atoms. The van der Waals surface area contributed by atoms with Crippen LogP contribution in [0, 0.1) is 11.6 Å². The molecular formula is C20H19F2NO5. The molecule has 2 rings (SSSR count). The third-order valence-corrected chi connectivity index (χ3v) is 3.60. The van der Waals surface area contributed by atoms with Crippen molar-refractivity contribution in [2.24, 2.45) is 0 Å². The van der Waals surface area contributed by atoms with Crippen molar-refractivity contribution in [2.45, 2.75) is 26.4 Å². The van der Waals surface area contributed by atoms with E-state index in [1.54, 1.807) is 0 Å². The molecule has 0 bridgehead atoms. The summed E-state index contributed by atoms with van der Waals surface area (Å²) in [4.78, 5) is 35.3. The van der Waals surface area contributed by atoms with E-state index in [0.29, 0.717) is 0 Å². The monoisotopic (exact) mass is 391 g/mol. The lowest BCUT2D eigenvalue weighted by atomic mass is 10.1. The second-order valence-electron chi connectivity index (χ2n) is 6.44. The standard InChI is InChI=1S/C20H19F2NO5/c1-12(24)23-14-6-9-16(17(22)10-14)18(25)11-27-19(26)20(2,3)28-15-7-4-13(21)5-8-15/h4-10H,11H2,1-3H3,(H,23,24). The first-order chi connectivity index (χ1) is 13.1. The third kappa shape index (κ3) is 5.60. The number of benzene rings is 2. The summed E-state index contributed by atoms with van der Waals surface area (Å²) < 4.78 is 37.4. The maximum Gasteiger partial charge on any atom is 0.350 e. The van der Waals surface area contributed by atoms with E-state index in [9.17, 15) is 23.2 Å².